The average Bonchev–Trinajstić information content (AvgIpc) is 3.44. The standard InChI is InChI=1S/C31H45N3O2/c1-29(2,3)20-8-6-19(7-9-20)26-18-34(33-32-26)27-17-22(35)16-21-10-11-23-24-12-13-28(36)30(24,4)15-14-25(23)31(21,27)5/h6-9,18,21-25,27-28,35-36H,10-17H2,1-5H3/t21-,22+,23-,24-,25-,27-,28-,30-,31-/m0/s1. The fourth-order valence-corrected chi connectivity index (χ4v) is 9.36. The first-order chi connectivity index (χ1) is 17.0. The lowest BCUT2D eigenvalue weighted by Gasteiger charge is -2.62. The number of fused-ring (bicyclic) bond motifs is 5. The lowest BCUT2D eigenvalue weighted by Crippen LogP contribution is -2.58. The van der Waals surface area contributed by atoms with Crippen LogP contribution in [0.2, 0.25) is 0 Å². The van der Waals surface area contributed by atoms with Crippen LogP contribution in [0.15, 0.2) is 30.5 Å². The van der Waals surface area contributed by atoms with Gasteiger partial charge in [0.25, 0.3) is 0 Å². The second-order valence-corrected chi connectivity index (χ2v) is 14.2. The SMILES string of the molecule is CC(C)(C)c1ccc(-c2cn([C@H]3C[C@H](O)C[C@@H]4CC[C@H]5[C@@H]6CC[C@H](O)[C@@]6(C)CC[C@@H]5[C@]43C)nn2)cc1. The molecule has 4 aliphatic carbocycles. The molecule has 1 aromatic heterocycles. The van der Waals surface area contributed by atoms with Gasteiger partial charge in [-0.1, -0.05) is 64.1 Å². The summed E-state index contributed by atoms with van der Waals surface area (Å²) in [6.07, 6.45) is 10.3. The van der Waals surface area contributed by atoms with Gasteiger partial charge in [0.2, 0.25) is 0 Å². The van der Waals surface area contributed by atoms with Gasteiger partial charge in [-0.05, 0) is 96.8 Å². The zero-order valence-electron chi connectivity index (χ0n) is 22.8. The van der Waals surface area contributed by atoms with Crippen LogP contribution >= 0.6 is 0 Å². The minimum atomic E-state index is -0.273. The van der Waals surface area contributed by atoms with E-state index in [2.05, 4.69) is 74.9 Å². The van der Waals surface area contributed by atoms with Crippen LogP contribution in [0.4, 0.5) is 0 Å². The van der Waals surface area contributed by atoms with Crippen LogP contribution in [0, 0.1) is 34.5 Å². The van der Waals surface area contributed by atoms with Gasteiger partial charge in [-0.25, -0.2) is 4.68 Å². The Bertz CT molecular complexity index is 1100. The Morgan fingerprint density at radius 1 is 0.917 bits per heavy atom. The van der Waals surface area contributed by atoms with Crippen LogP contribution in [0.1, 0.15) is 97.6 Å². The molecule has 6 rings (SSSR count). The number of aliphatic hydroxyl groups is 2. The Balaban J connectivity index is 1.33. The van der Waals surface area contributed by atoms with E-state index < -0.39 is 0 Å². The van der Waals surface area contributed by atoms with Gasteiger partial charge in [0, 0.05) is 5.56 Å². The second kappa shape index (κ2) is 8.39. The number of benzene rings is 1. The third kappa shape index (κ3) is 3.63. The number of rotatable bonds is 2. The van der Waals surface area contributed by atoms with Crippen LogP contribution in [0.5, 0.6) is 0 Å². The largest absolute Gasteiger partial charge is 0.393 e. The molecule has 0 bridgehead atoms. The summed E-state index contributed by atoms with van der Waals surface area (Å²) in [5.41, 5.74) is 3.64. The van der Waals surface area contributed by atoms with Gasteiger partial charge in [-0.15, -0.1) is 5.10 Å². The molecule has 1 aromatic carbocycles. The van der Waals surface area contributed by atoms with E-state index in [0.717, 1.165) is 36.9 Å². The Labute approximate surface area is 216 Å². The molecule has 4 saturated carbocycles. The van der Waals surface area contributed by atoms with E-state index in [1.165, 1.54) is 31.2 Å². The average molecular weight is 492 g/mol. The molecule has 0 unspecified atom stereocenters. The quantitative estimate of drug-likeness (QED) is 0.528. The molecule has 0 aliphatic heterocycles. The minimum absolute atomic E-state index is 0.0910. The van der Waals surface area contributed by atoms with Gasteiger partial charge < -0.3 is 10.2 Å². The molecule has 36 heavy (non-hydrogen) atoms. The molecule has 2 aromatic rings. The highest BCUT2D eigenvalue weighted by Gasteiger charge is 2.62. The molecule has 2 N–H and O–H groups in total. The van der Waals surface area contributed by atoms with Gasteiger partial charge in [-0.3, -0.25) is 0 Å². The van der Waals surface area contributed by atoms with Crippen molar-refractivity contribution in [1.82, 2.24) is 15.0 Å². The zero-order valence-corrected chi connectivity index (χ0v) is 22.8. The van der Waals surface area contributed by atoms with Crippen molar-refractivity contribution in [2.75, 3.05) is 0 Å². The maximum Gasteiger partial charge on any atom is 0.113 e. The Morgan fingerprint density at radius 2 is 1.67 bits per heavy atom. The Morgan fingerprint density at radius 3 is 2.39 bits per heavy atom. The van der Waals surface area contributed by atoms with E-state index in [9.17, 15) is 10.2 Å². The van der Waals surface area contributed by atoms with Crippen LogP contribution in [0.25, 0.3) is 11.3 Å². The maximum atomic E-state index is 11.0. The predicted octanol–water partition coefficient (Wildman–Crippen LogP) is 6.16. The number of aromatic nitrogens is 3. The van der Waals surface area contributed by atoms with Crippen molar-refractivity contribution in [3.63, 3.8) is 0 Å². The topological polar surface area (TPSA) is 71.2 Å². The molecule has 0 amide bonds. The summed E-state index contributed by atoms with van der Waals surface area (Å²) >= 11 is 0. The number of hydrogen-bond donors (Lipinski definition) is 2. The molecular formula is C31H45N3O2. The van der Waals surface area contributed by atoms with E-state index in [-0.39, 0.29) is 34.5 Å². The Hall–Kier alpha value is -1.72. The third-order valence-corrected chi connectivity index (χ3v) is 11.6. The number of hydrogen-bond acceptors (Lipinski definition) is 4. The van der Waals surface area contributed by atoms with Crippen LogP contribution in [-0.4, -0.2) is 37.4 Å². The first kappa shape index (κ1) is 24.6. The minimum Gasteiger partial charge on any atom is -0.393 e. The molecule has 196 valence electrons. The molecular weight excluding hydrogens is 446 g/mol. The van der Waals surface area contributed by atoms with Crippen molar-refractivity contribution in [1.29, 1.82) is 0 Å². The Kier molecular flexibility index (Phi) is 5.74. The van der Waals surface area contributed by atoms with Crippen LogP contribution in [-0.2, 0) is 5.41 Å². The molecule has 5 nitrogen and oxygen atoms in total. The summed E-state index contributed by atoms with van der Waals surface area (Å²) in [5, 5.41) is 31.1. The molecule has 1 heterocycles. The molecule has 4 aliphatic rings. The fraction of sp³-hybridized carbons (Fsp3) is 0.742. The first-order valence-electron chi connectivity index (χ1n) is 14.4. The summed E-state index contributed by atoms with van der Waals surface area (Å²) in [5.74, 6) is 2.44. The van der Waals surface area contributed by atoms with Gasteiger partial charge in [0.1, 0.15) is 5.69 Å². The summed E-state index contributed by atoms with van der Waals surface area (Å²) in [6.45, 7) is 11.6. The molecule has 4 fully saturated rings. The summed E-state index contributed by atoms with van der Waals surface area (Å²) < 4.78 is 2.11. The highest BCUT2D eigenvalue weighted by molar-refractivity contribution is 5.58. The lowest BCUT2D eigenvalue weighted by atomic mass is 9.44. The highest BCUT2D eigenvalue weighted by Crippen LogP contribution is 2.68. The molecule has 0 saturated heterocycles. The summed E-state index contributed by atoms with van der Waals surface area (Å²) in [4.78, 5) is 0. The van der Waals surface area contributed by atoms with Crippen LogP contribution in [0.3, 0.4) is 0 Å². The monoisotopic (exact) mass is 491 g/mol. The van der Waals surface area contributed by atoms with Crippen molar-refractivity contribution in [2.45, 2.75) is 110 Å². The molecule has 5 heteroatoms. The van der Waals surface area contributed by atoms with Crippen molar-refractivity contribution in [3.05, 3.63) is 36.0 Å². The van der Waals surface area contributed by atoms with Crippen molar-refractivity contribution >= 4 is 0 Å². The fourth-order valence-electron chi connectivity index (χ4n) is 9.36. The van der Waals surface area contributed by atoms with E-state index in [0.29, 0.717) is 23.7 Å². The second-order valence-electron chi connectivity index (χ2n) is 14.2. The number of aliphatic hydroxyl groups excluding tert-OH is 2. The van der Waals surface area contributed by atoms with E-state index in [1.54, 1.807) is 0 Å². The normalized spacial score (nSPS) is 42.5. The highest BCUT2D eigenvalue weighted by atomic mass is 16.3. The van der Waals surface area contributed by atoms with E-state index in [1.807, 2.05) is 0 Å². The summed E-state index contributed by atoms with van der Waals surface area (Å²) in [6, 6.07) is 8.90. The summed E-state index contributed by atoms with van der Waals surface area (Å²) in [7, 11) is 0. The van der Waals surface area contributed by atoms with Crippen molar-refractivity contribution < 1.29 is 10.2 Å². The van der Waals surface area contributed by atoms with Gasteiger partial charge >= 0.3 is 0 Å². The van der Waals surface area contributed by atoms with Crippen molar-refractivity contribution in [2.24, 2.45) is 34.5 Å². The van der Waals surface area contributed by atoms with Crippen molar-refractivity contribution in [3.8, 4) is 11.3 Å². The molecule has 0 spiro atoms. The predicted molar refractivity (Wildman–Crippen MR) is 142 cm³/mol. The first-order valence-corrected chi connectivity index (χ1v) is 14.4. The maximum absolute atomic E-state index is 11.0. The third-order valence-electron chi connectivity index (χ3n) is 11.6. The van der Waals surface area contributed by atoms with E-state index >= 15 is 0 Å². The van der Waals surface area contributed by atoms with Crippen LogP contribution < -0.4 is 0 Å². The van der Waals surface area contributed by atoms with Gasteiger partial charge in [0.15, 0.2) is 0 Å². The number of nitrogens with zero attached hydrogens (tertiary/aromatic N) is 3. The molecule has 9 atom stereocenters. The lowest BCUT2D eigenvalue weighted by molar-refractivity contribution is -0.157. The zero-order chi connectivity index (χ0) is 25.5. The van der Waals surface area contributed by atoms with Gasteiger partial charge in [0.05, 0.1) is 24.4 Å². The smallest absolute Gasteiger partial charge is 0.113 e. The molecule has 0 radical (unpaired) electrons. The van der Waals surface area contributed by atoms with Gasteiger partial charge in [-0.2, -0.15) is 0 Å². The van der Waals surface area contributed by atoms with E-state index in [4.69, 9.17) is 5.21 Å².